The van der Waals surface area contributed by atoms with Crippen molar-refractivity contribution in [1.82, 2.24) is 5.32 Å². The Hall–Kier alpha value is -1.88. The van der Waals surface area contributed by atoms with E-state index in [0.717, 1.165) is 30.4 Å². The van der Waals surface area contributed by atoms with E-state index in [4.69, 9.17) is 21.1 Å². The second-order valence-electron chi connectivity index (χ2n) is 6.89. The first kappa shape index (κ1) is 17.5. The molecule has 1 amide bonds. The Kier molecular flexibility index (Phi) is 5.25. The average Bonchev–Trinajstić information content (AvgIpc) is 2.68. The number of amides is 1. The molecule has 0 spiro atoms. The summed E-state index contributed by atoms with van der Waals surface area (Å²) in [6, 6.07) is 15.5. The maximum atomic E-state index is 12.6. The topological polar surface area (TPSA) is 47.6 Å². The van der Waals surface area contributed by atoms with Gasteiger partial charge in [0, 0.05) is 16.6 Å². The highest BCUT2D eigenvalue weighted by atomic mass is 35.5. The smallest absolute Gasteiger partial charge is 0.251 e. The van der Waals surface area contributed by atoms with E-state index in [0.29, 0.717) is 23.8 Å². The van der Waals surface area contributed by atoms with Crippen LogP contribution in [0.4, 0.5) is 0 Å². The van der Waals surface area contributed by atoms with Crippen LogP contribution in [0.25, 0.3) is 11.1 Å². The van der Waals surface area contributed by atoms with E-state index in [9.17, 15) is 4.79 Å². The van der Waals surface area contributed by atoms with Crippen molar-refractivity contribution < 1.29 is 14.3 Å². The van der Waals surface area contributed by atoms with Gasteiger partial charge in [0.1, 0.15) is 0 Å². The summed E-state index contributed by atoms with van der Waals surface area (Å²) in [7, 11) is 0. The van der Waals surface area contributed by atoms with E-state index in [1.54, 1.807) is 0 Å². The van der Waals surface area contributed by atoms with Gasteiger partial charge in [0.25, 0.3) is 5.91 Å². The van der Waals surface area contributed by atoms with Crippen molar-refractivity contribution in [3.05, 3.63) is 59.1 Å². The summed E-state index contributed by atoms with van der Waals surface area (Å²) in [5, 5.41) is 3.84. The van der Waals surface area contributed by atoms with Crippen LogP contribution in [-0.4, -0.2) is 37.4 Å². The second-order valence-corrected chi connectivity index (χ2v) is 7.33. The minimum absolute atomic E-state index is 0.0391. The van der Waals surface area contributed by atoms with Gasteiger partial charge in [0.15, 0.2) is 0 Å². The molecule has 3 unspecified atom stereocenters. The number of ether oxygens (including phenoxy) is 2. The summed E-state index contributed by atoms with van der Waals surface area (Å²) in [4.78, 5) is 12.6. The SMILES string of the molecule is O=C(NC1CCC2OCCOC2C1)c1ccc(-c2cccc(Cl)c2)cc1. The predicted octanol–water partition coefficient (Wildman–Crippen LogP) is 4.07. The molecule has 3 atom stereocenters. The van der Waals surface area contributed by atoms with Gasteiger partial charge in [-0.25, -0.2) is 0 Å². The molecular weight excluding hydrogens is 350 g/mol. The Morgan fingerprint density at radius 1 is 0.962 bits per heavy atom. The molecule has 4 rings (SSSR count). The Morgan fingerprint density at radius 3 is 2.50 bits per heavy atom. The minimum atomic E-state index is -0.0391. The fourth-order valence-electron chi connectivity index (χ4n) is 3.75. The first-order valence-corrected chi connectivity index (χ1v) is 9.47. The molecular formula is C21H22ClNO3. The molecule has 2 aliphatic rings. The number of nitrogens with one attached hydrogen (secondary N) is 1. The summed E-state index contributed by atoms with van der Waals surface area (Å²) in [5.74, 6) is -0.0391. The lowest BCUT2D eigenvalue weighted by molar-refractivity contribution is -0.157. The highest BCUT2D eigenvalue weighted by molar-refractivity contribution is 6.30. The Morgan fingerprint density at radius 2 is 1.73 bits per heavy atom. The number of hydrogen-bond donors (Lipinski definition) is 1. The molecule has 1 N–H and O–H groups in total. The van der Waals surface area contributed by atoms with Crippen molar-refractivity contribution >= 4 is 17.5 Å². The highest BCUT2D eigenvalue weighted by Gasteiger charge is 2.34. The van der Waals surface area contributed by atoms with Crippen LogP contribution in [0.5, 0.6) is 0 Å². The van der Waals surface area contributed by atoms with Crippen molar-refractivity contribution in [2.45, 2.75) is 37.5 Å². The van der Waals surface area contributed by atoms with Crippen LogP contribution in [-0.2, 0) is 9.47 Å². The lowest BCUT2D eigenvalue weighted by Gasteiger charge is -2.39. The molecule has 1 aliphatic heterocycles. The van der Waals surface area contributed by atoms with E-state index >= 15 is 0 Å². The van der Waals surface area contributed by atoms with Gasteiger partial charge in [-0.2, -0.15) is 0 Å². The van der Waals surface area contributed by atoms with Crippen molar-refractivity contribution in [2.24, 2.45) is 0 Å². The molecule has 2 fully saturated rings. The zero-order valence-electron chi connectivity index (χ0n) is 14.5. The number of carbonyl (C=O) groups excluding carboxylic acids is 1. The van der Waals surface area contributed by atoms with Gasteiger partial charge in [-0.1, -0.05) is 35.9 Å². The quantitative estimate of drug-likeness (QED) is 0.884. The number of halogens is 1. The Balaban J connectivity index is 1.39. The van der Waals surface area contributed by atoms with Gasteiger partial charge in [-0.3, -0.25) is 4.79 Å². The van der Waals surface area contributed by atoms with Crippen LogP contribution >= 0.6 is 11.6 Å². The Labute approximate surface area is 158 Å². The number of carbonyl (C=O) groups is 1. The average molecular weight is 372 g/mol. The van der Waals surface area contributed by atoms with Gasteiger partial charge in [0.2, 0.25) is 0 Å². The lowest BCUT2D eigenvalue weighted by atomic mass is 9.89. The van der Waals surface area contributed by atoms with Crippen LogP contribution in [0, 0.1) is 0 Å². The van der Waals surface area contributed by atoms with E-state index in [-0.39, 0.29) is 24.2 Å². The first-order chi connectivity index (χ1) is 12.7. The molecule has 1 saturated carbocycles. The molecule has 2 aromatic rings. The van der Waals surface area contributed by atoms with Crippen LogP contribution in [0.3, 0.4) is 0 Å². The molecule has 0 bridgehead atoms. The third-order valence-electron chi connectivity index (χ3n) is 5.12. The van der Waals surface area contributed by atoms with E-state index in [2.05, 4.69) is 5.32 Å². The second kappa shape index (κ2) is 7.78. The molecule has 26 heavy (non-hydrogen) atoms. The number of benzene rings is 2. The van der Waals surface area contributed by atoms with Gasteiger partial charge in [0.05, 0.1) is 25.4 Å². The van der Waals surface area contributed by atoms with Gasteiger partial charge in [-0.05, 0) is 54.7 Å². The normalized spacial score (nSPS) is 25.3. The van der Waals surface area contributed by atoms with Gasteiger partial charge < -0.3 is 14.8 Å². The van der Waals surface area contributed by atoms with Crippen molar-refractivity contribution in [2.75, 3.05) is 13.2 Å². The van der Waals surface area contributed by atoms with Crippen LogP contribution < -0.4 is 5.32 Å². The molecule has 1 saturated heterocycles. The summed E-state index contributed by atoms with van der Waals surface area (Å²) in [6.07, 6.45) is 2.97. The molecule has 1 aliphatic carbocycles. The van der Waals surface area contributed by atoms with Crippen LogP contribution in [0.15, 0.2) is 48.5 Å². The number of hydrogen-bond acceptors (Lipinski definition) is 3. The zero-order valence-corrected chi connectivity index (χ0v) is 15.2. The van der Waals surface area contributed by atoms with Crippen LogP contribution in [0.1, 0.15) is 29.6 Å². The molecule has 0 radical (unpaired) electrons. The van der Waals surface area contributed by atoms with Crippen molar-refractivity contribution in [3.63, 3.8) is 0 Å². The summed E-state index contributed by atoms with van der Waals surface area (Å²) in [5.41, 5.74) is 2.74. The molecule has 1 heterocycles. The monoisotopic (exact) mass is 371 g/mol. The zero-order chi connectivity index (χ0) is 17.9. The molecule has 136 valence electrons. The summed E-state index contributed by atoms with van der Waals surface area (Å²) < 4.78 is 11.5. The van der Waals surface area contributed by atoms with Gasteiger partial charge >= 0.3 is 0 Å². The van der Waals surface area contributed by atoms with E-state index in [1.807, 2.05) is 48.5 Å². The fourth-order valence-corrected chi connectivity index (χ4v) is 3.94. The third-order valence-corrected chi connectivity index (χ3v) is 5.35. The molecule has 5 heteroatoms. The standard InChI is InChI=1S/C21H22ClNO3/c22-17-3-1-2-16(12-17)14-4-6-15(7-5-14)21(24)23-18-8-9-19-20(13-18)26-11-10-25-19/h1-7,12,18-20H,8-11,13H2,(H,23,24). The molecule has 4 nitrogen and oxygen atoms in total. The number of fused-ring (bicyclic) bond motifs is 1. The van der Waals surface area contributed by atoms with Crippen molar-refractivity contribution in [3.8, 4) is 11.1 Å². The Bertz CT molecular complexity index is 777. The molecule has 0 aromatic heterocycles. The summed E-state index contributed by atoms with van der Waals surface area (Å²) in [6.45, 7) is 1.32. The summed E-state index contributed by atoms with van der Waals surface area (Å²) >= 11 is 6.05. The minimum Gasteiger partial charge on any atom is -0.373 e. The van der Waals surface area contributed by atoms with Crippen LogP contribution in [0.2, 0.25) is 5.02 Å². The highest BCUT2D eigenvalue weighted by Crippen LogP contribution is 2.27. The number of rotatable bonds is 3. The van der Waals surface area contributed by atoms with Gasteiger partial charge in [-0.15, -0.1) is 0 Å². The predicted molar refractivity (Wildman–Crippen MR) is 101 cm³/mol. The van der Waals surface area contributed by atoms with Crippen molar-refractivity contribution in [1.29, 1.82) is 0 Å². The van der Waals surface area contributed by atoms with E-state index < -0.39 is 0 Å². The fraction of sp³-hybridized carbons (Fsp3) is 0.381. The van der Waals surface area contributed by atoms with E-state index in [1.165, 1.54) is 0 Å². The maximum Gasteiger partial charge on any atom is 0.251 e. The maximum absolute atomic E-state index is 12.6. The third kappa shape index (κ3) is 3.93. The first-order valence-electron chi connectivity index (χ1n) is 9.09. The lowest BCUT2D eigenvalue weighted by Crippen LogP contribution is -2.49. The largest absolute Gasteiger partial charge is 0.373 e. The molecule has 2 aromatic carbocycles.